The van der Waals surface area contributed by atoms with Crippen LogP contribution in [0.1, 0.15) is 19.4 Å². The second-order valence-electron chi connectivity index (χ2n) is 7.09. The van der Waals surface area contributed by atoms with E-state index in [4.69, 9.17) is 0 Å². The summed E-state index contributed by atoms with van der Waals surface area (Å²) in [7, 11) is -3.59. The number of hydrogen-bond donors (Lipinski definition) is 2. The SMILES string of the molecule is CC(C)[C@@H](NC[C@H](O)[CH]Cc1ccccc1)S(=O)(=O)c1ccc2ncsc2c1. The summed E-state index contributed by atoms with van der Waals surface area (Å²) in [6, 6.07) is 14.9. The van der Waals surface area contributed by atoms with Gasteiger partial charge in [0.25, 0.3) is 0 Å². The van der Waals surface area contributed by atoms with Gasteiger partial charge in [-0.15, -0.1) is 11.3 Å². The van der Waals surface area contributed by atoms with E-state index >= 15 is 0 Å². The first-order valence-electron chi connectivity index (χ1n) is 9.24. The van der Waals surface area contributed by atoms with Crippen molar-refractivity contribution in [1.29, 1.82) is 0 Å². The number of nitrogens with zero attached hydrogens (tertiary/aromatic N) is 1. The second kappa shape index (κ2) is 9.13. The van der Waals surface area contributed by atoms with E-state index in [0.717, 1.165) is 15.8 Å². The number of rotatable bonds is 9. The standard InChI is InChI=1S/C21H25N2O3S2/c1-15(2)21(22-13-17(24)9-8-16-6-4-3-5-7-16)28(25,26)18-10-11-19-20(12-18)27-14-23-19/h3-7,9-12,14-15,17,21-22,24H,8,13H2,1-2H3/t17-,21+/m1/s1. The van der Waals surface area contributed by atoms with Gasteiger partial charge in [-0.25, -0.2) is 13.4 Å². The Balaban J connectivity index is 1.66. The van der Waals surface area contributed by atoms with Gasteiger partial charge in [0.05, 0.1) is 26.7 Å². The van der Waals surface area contributed by atoms with E-state index in [-0.39, 0.29) is 17.4 Å². The third kappa shape index (κ3) is 4.97. The van der Waals surface area contributed by atoms with Crippen LogP contribution in [-0.2, 0) is 16.3 Å². The average Bonchev–Trinajstić information content (AvgIpc) is 3.14. The monoisotopic (exact) mass is 417 g/mol. The number of fused-ring (bicyclic) bond motifs is 1. The molecule has 0 spiro atoms. The fourth-order valence-corrected chi connectivity index (χ4v) is 5.73. The molecule has 0 fully saturated rings. The van der Waals surface area contributed by atoms with Crippen molar-refractivity contribution in [2.24, 2.45) is 5.92 Å². The third-order valence-electron chi connectivity index (χ3n) is 4.57. The van der Waals surface area contributed by atoms with Crippen molar-refractivity contribution in [3.8, 4) is 0 Å². The smallest absolute Gasteiger partial charge is 0.194 e. The molecule has 0 saturated heterocycles. The van der Waals surface area contributed by atoms with Gasteiger partial charge in [0, 0.05) is 6.54 Å². The van der Waals surface area contributed by atoms with E-state index in [0.29, 0.717) is 6.42 Å². The summed E-state index contributed by atoms with van der Waals surface area (Å²) in [6.07, 6.45) is 1.68. The van der Waals surface area contributed by atoms with Crippen molar-refractivity contribution in [1.82, 2.24) is 10.3 Å². The summed E-state index contributed by atoms with van der Waals surface area (Å²) in [5, 5.41) is 12.5. The molecule has 1 radical (unpaired) electrons. The second-order valence-corrected chi connectivity index (χ2v) is 10.0. The van der Waals surface area contributed by atoms with Crippen LogP contribution in [0.5, 0.6) is 0 Å². The molecule has 2 atom stereocenters. The summed E-state index contributed by atoms with van der Waals surface area (Å²) in [6.45, 7) is 3.90. The van der Waals surface area contributed by atoms with Gasteiger partial charge in [-0.1, -0.05) is 44.2 Å². The first-order chi connectivity index (χ1) is 13.4. The molecule has 149 valence electrons. The maximum Gasteiger partial charge on any atom is 0.194 e. The zero-order valence-corrected chi connectivity index (χ0v) is 17.6. The van der Waals surface area contributed by atoms with E-state index < -0.39 is 21.3 Å². The summed E-state index contributed by atoms with van der Waals surface area (Å²) < 4.78 is 27.2. The van der Waals surface area contributed by atoms with Crippen LogP contribution in [0.15, 0.2) is 58.9 Å². The molecular weight excluding hydrogens is 392 g/mol. The summed E-state index contributed by atoms with van der Waals surface area (Å²) in [5.74, 6) is -0.150. The molecule has 2 aromatic carbocycles. The third-order valence-corrected chi connectivity index (χ3v) is 7.65. The van der Waals surface area contributed by atoms with Crippen LogP contribution < -0.4 is 5.32 Å². The molecule has 7 heteroatoms. The Kier molecular flexibility index (Phi) is 6.82. The molecular formula is C21H25N2O3S2. The van der Waals surface area contributed by atoms with Gasteiger partial charge in [-0.3, -0.25) is 5.32 Å². The lowest BCUT2D eigenvalue weighted by Crippen LogP contribution is -2.44. The number of thiazole rings is 1. The number of nitrogens with one attached hydrogen (secondary N) is 1. The molecule has 0 aliphatic rings. The van der Waals surface area contributed by atoms with E-state index in [1.165, 1.54) is 11.3 Å². The number of hydrogen-bond acceptors (Lipinski definition) is 6. The number of sulfone groups is 1. The van der Waals surface area contributed by atoms with Crippen LogP contribution in [0, 0.1) is 12.3 Å². The van der Waals surface area contributed by atoms with Crippen LogP contribution in [0.4, 0.5) is 0 Å². The van der Waals surface area contributed by atoms with Gasteiger partial charge in [-0.05, 0) is 42.5 Å². The molecule has 0 bridgehead atoms. The minimum Gasteiger partial charge on any atom is -0.391 e. The highest BCUT2D eigenvalue weighted by molar-refractivity contribution is 7.92. The minimum atomic E-state index is -3.59. The van der Waals surface area contributed by atoms with Crippen LogP contribution in [0.3, 0.4) is 0 Å². The van der Waals surface area contributed by atoms with Crippen molar-refractivity contribution in [3.05, 3.63) is 66.0 Å². The van der Waals surface area contributed by atoms with Gasteiger partial charge in [0.1, 0.15) is 5.37 Å². The van der Waals surface area contributed by atoms with E-state index in [9.17, 15) is 13.5 Å². The van der Waals surface area contributed by atoms with Gasteiger partial charge >= 0.3 is 0 Å². The van der Waals surface area contributed by atoms with Crippen molar-refractivity contribution in [2.45, 2.75) is 36.6 Å². The number of aliphatic hydroxyl groups is 1. The molecule has 5 nitrogen and oxygen atoms in total. The molecule has 28 heavy (non-hydrogen) atoms. The number of benzene rings is 2. The van der Waals surface area contributed by atoms with Crippen LogP contribution in [0.25, 0.3) is 10.2 Å². The maximum absolute atomic E-state index is 13.2. The lowest BCUT2D eigenvalue weighted by molar-refractivity contribution is 0.196. The van der Waals surface area contributed by atoms with Crippen molar-refractivity contribution >= 4 is 31.4 Å². The largest absolute Gasteiger partial charge is 0.391 e. The minimum absolute atomic E-state index is 0.150. The molecule has 0 unspecified atom stereocenters. The summed E-state index contributed by atoms with van der Waals surface area (Å²) in [4.78, 5) is 4.47. The Morgan fingerprint density at radius 3 is 2.64 bits per heavy atom. The molecule has 0 aliphatic carbocycles. The first kappa shape index (κ1) is 20.9. The summed E-state index contributed by atoms with van der Waals surface area (Å²) >= 11 is 1.42. The molecule has 0 saturated carbocycles. The highest BCUT2D eigenvalue weighted by Gasteiger charge is 2.30. The quantitative estimate of drug-likeness (QED) is 0.557. The zero-order valence-electron chi connectivity index (χ0n) is 15.9. The Hall–Kier alpha value is -1.80. The first-order valence-corrected chi connectivity index (χ1v) is 11.7. The lowest BCUT2D eigenvalue weighted by Gasteiger charge is -2.24. The van der Waals surface area contributed by atoms with E-state index in [2.05, 4.69) is 10.3 Å². The van der Waals surface area contributed by atoms with Gasteiger partial charge in [0.15, 0.2) is 9.84 Å². The normalized spacial score (nSPS) is 14.4. The summed E-state index contributed by atoms with van der Waals surface area (Å²) in [5.41, 5.74) is 3.61. The Morgan fingerprint density at radius 2 is 1.93 bits per heavy atom. The molecule has 2 N–H and O–H groups in total. The van der Waals surface area contributed by atoms with Crippen molar-refractivity contribution < 1.29 is 13.5 Å². The van der Waals surface area contributed by atoms with Crippen LogP contribution in [0.2, 0.25) is 0 Å². The molecule has 1 heterocycles. The van der Waals surface area contributed by atoms with Crippen molar-refractivity contribution in [3.63, 3.8) is 0 Å². The predicted molar refractivity (Wildman–Crippen MR) is 114 cm³/mol. The van der Waals surface area contributed by atoms with Gasteiger partial charge in [-0.2, -0.15) is 0 Å². The van der Waals surface area contributed by atoms with E-state index in [1.54, 1.807) is 30.1 Å². The highest BCUT2D eigenvalue weighted by atomic mass is 32.2. The molecule has 3 rings (SSSR count). The zero-order chi connectivity index (χ0) is 20.1. The highest BCUT2D eigenvalue weighted by Crippen LogP contribution is 2.26. The fourth-order valence-electron chi connectivity index (χ4n) is 3.07. The van der Waals surface area contributed by atoms with Gasteiger partial charge in [0.2, 0.25) is 0 Å². The van der Waals surface area contributed by atoms with Gasteiger partial charge < -0.3 is 5.11 Å². The maximum atomic E-state index is 13.2. The topological polar surface area (TPSA) is 79.3 Å². The fraction of sp³-hybridized carbons (Fsp3) is 0.333. The molecule has 3 aromatic rings. The Morgan fingerprint density at radius 1 is 1.18 bits per heavy atom. The molecule has 0 aliphatic heterocycles. The number of aromatic nitrogens is 1. The van der Waals surface area contributed by atoms with Crippen LogP contribution >= 0.6 is 11.3 Å². The Bertz CT molecular complexity index is 1000. The predicted octanol–water partition coefficient (Wildman–Crippen LogP) is 3.45. The Labute approximate surface area is 170 Å². The van der Waals surface area contributed by atoms with E-state index in [1.807, 2.05) is 44.2 Å². The average molecular weight is 418 g/mol. The van der Waals surface area contributed by atoms with Crippen LogP contribution in [-0.4, -0.2) is 36.5 Å². The lowest BCUT2D eigenvalue weighted by atomic mass is 10.1. The van der Waals surface area contributed by atoms with Crippen molar-refractivity contribution in [2.75, 3.05) is 6.54 Å². The molecule has 1 aromatic heterocycles. The molecule has 0 amide bonds. The number of aliphatic hydroxyl groups excluding tert-OH is 1.